The normalized spacial score (nSPS) is 34.7. The van der Waals surface area contributed by atoms with Gasteiger partial charge < -0.3 is 15.7 Å². The zero-order chi connectivity index (χ0) is 25.2. The van der Waals surface area contributed by atoms with E-state index in [1.165, 1.54) is 0 Å². The van der Waals surface area contributed by atoms with E-state index in [2.05, 4.69) is 10.6 Å². The topological polar surface area (TPSA) is 98.7 Å². The highest BCUT2D eigenvalue weighted by molar-refractivity contribution is 6.30. The number of hydrogen-bond donors (Lipinski definition) is 3. The molecule has 3 atom stereocenters. The van der Waals surface area contributed by atoms with Crippen LogP contribution in [0.3, 0.4) is 0 Å². The Balaban J connectivity index is 1.42. The number of aliphatic hydroxyl groups is 1. The minimum Gasteiger partial charge on any atom is -0.395 e. The van der Waals surface area contributed by atoms with Gasteiger partial charge in [0.1, 0.15) is 22.8 Å². The van der Waals surface area contributed by atoms with Crippen LogP contribution in [0.15, 0.2) is 12.1 Å². The van der Waals surface area contributed by atoms with E-state index in [4.69, 9.17) is 16.7 Å². The predicted octanol–water partition coefficient (Wildman–Crippen LogP) is 3.53. The largest absolute Gasteiger partial charge is 0.395 e. The molecule has 3 N–H and O–H groups in total. The molecule has 4 aliphatic rings. The molecule has 7 nitrogen and oxygen atoms in total. The number of aliphatic hydroxyl groups excluding tert-OH is 1. The summed E-state index contributed by atoms with van der Waals surface area (Å²) in [7, 11) is 0. The smallest absolute Gasteiger partial charge is 0.325 e. The molecule has 4 fully saturated rings. The van der Waals surface area contributed by atoms with Crippen molar-refractivity contribution in [2.45, 2.75) is 68.6 Å². The van der Waals surface area contributed by atoms with Gasteiger partial charge in [0, 0.05) is 11.5 Å². The van der Waals surface area contributed by atoms with Crippen molar-refractivity contribution in [3.05, 3.63) is 34.4 Å². The maximum Gasteiger partial charge on any atom is 0.325 e. The number of rotatable bonds is 6. The lowest BCUT2D eigenvalue weighted by molar-refractivity contribution is -0.131. The molecule has 2 bridgehead atoms. The summed E-state index contributed by atoms with van der Waals surface area (Å²) in [5.74, 6) is -3.55. The molecule has 0 aromatic heterocycles. The quantitative estimate of drug-likeness (QED) is 0.400. The van der Waals surface area contributed by atoms with Gasteiger partial charge in [-0.25, -0.2) is 18.0 Å². The number of carbonyl (C=O) groups is 3. The maximum absolute atomic E-state index is 15.1. The van der Waals surface area contributed by atoms with Crippen molar-refractivity contribution in [1.82, 2.24) is 15.5 Å². The first-order chi connectivity index (χ1) is 16.5. The zero-order valence-corrected chi connectivity index (χ0v) is 19.8. The van der Waals surface area contributed by atoms with Gasteiger partial charge in [0.25, 0.3) is 5.91 Å². The second kappa shape index (κ2) is 8.37. The molecule has 3 saturated carbocycles. The number of hydrogen-bond acceptors (Lipinski definition) is 4. The Bertz CT molecular complexity index is 1090. The standard InChI is InChI=1S/C24H27ClF3N3O4/c25-14-1-2-15(26)16(17(14)27)18(22-5-7-23(28,12-22)8-6-22)29-19(33)13-3-4-24(11-13)20(34)31(9-10-32)21(35)30-24/h1-2,13,18,32H,3-12H2,(H,29,33)(H,30,35)/t13-,18-,22?,23?,24-/m1/s1. The molecule has 0 unspecified atom stereocenters. The van der Waals surface area contributed by atoms with E-state index in [0.717, 1.165) is 17.0 Å². The van der Waals surface area contributed by atoms with E-state index < -0.39 is 58.1 Å². The van der Waals surface area contributed by atoms with Crippen molar-refractivity contribution in [2.24, 2.45) is 11.3 Å². The number of imide groups is 1. The third-order valence-corrected chi connectivity index (χ3v) is 8.82. The molecule has 1 aliphatic heterocycles. The summed E-state index contributed by atoms with van der Waals surface area (Å²) in [6, 6.07) is 0.393. The van der Waals surface area contributed by atoms with Crippen molar-refractivity contribution in [3.63, 3.8) is 0 Å². The highest BCUT2D eigenvalue weighted by Crippen LogP contribution is 2.63. The Morgan fingerprint density at radius 3 is 2.57 bits per heavy atom. The number of urea groups is 1. The molecule has 1 saturated heterocycles. The van der Waals surface area contributed by atoms with Gasteiger partial charge in [-0.3, -0.25) is 14.5 Å². The monoisotopic (exact) mass is 513 g/mol. The number of nitrogens with one attached hydrogen (secondary N) is 2. The second-order valence-corrected chi connectivity index (χ2v) is 10.9. The van der Waals surface area contributed by atoms with Crippen molar-refractivity contribution in [1.29, 1.82) is 0 Å². The van der Waals surface area contributed by atoms with E-state index in [1.807, 2.05) is 0 Å². The number of benzene rings is 1. The summed E-state index contributed by atoms with van der Waals surface area (Å²) >= 11 is 5.95. The van der Waals surface area contributed by atoms with E-state index in [-0.39, 0.29) is 62.3 Å². The molecular formula is C24H27ClF3N3O4. The first kappa shape index (κ1) is 24.4. The summed E-state index contributed by atoms with van der Waals surface area (Å²) in [5, 5.41) is 14.3. The van der Waals surface area contributed by atoms with Gasteiger partial charge in [-0.1, -0.05) is 11.6 Å². The van der Waals surface area contributed by atoms with Crippen LogP contribution in [-0.2, 0) is 9.59 Å². The van der Waals surface area contributed by atoms with Gasteiger partial charge in [0.05, 0.1) is 24.2 Å². The Morgan fingerprint density at radius 2 is 1.94 bits per heavy atom. The molecular weight excluding hydrogens is 487 g/mol. The fourth-order valence-electron chi connectivity index (χ4n) is 6.73. The number of halogens is 4. The van der Waals surface area contributed by atoms with E-state index >= 15 is 8.78 Å². The summed E-state index contributed by atoms with van der Waals surface area (Å²) in [5.41, 5.74) is -3.88. The van der Waals surface area contributed by atoms with Gasteiger partial charge in [-0.2, -0.15) is 0 Å². The lowest BCUT2D eigenvalue weighted by Gasteiger charge is -2.37. The molecule has 3 aliphatic carbocycles. The molecule has 190 valence electrons. The third-order valence-electron chi connectivity index (χ3n) is 8.53. The summed E-state index contributed by atoms with van der Waals surface area (Å²) in [6.07, 6.45) is 1.89. The Hall–Kier alpha value is -2.33. The van der Waals surface area contributed by atoms with Crippen LogP contribution in [-0.4, -0.2) is 52.2 Å². The number of fused-ring (bicyclic) bond motifs is 2. The average molecular weight is 514 g/mol. The average Bonchev–Trinajstić information content (AvgIpc) is 3.55. The van der Waals surface area contributed by atoms with Gasteiger partial charge in [0.15, 0.2) is 0 Å². The van der Waals surface area contributed by atoms with Crippen LogP contribution < -0.4 is 10.6 Å². The molecule has 4 amide bonds. The van der Waals surface area contributed by atoms with Crippen molar-refractivity contribution >= 4 is 29.4 Å². The Morgan fingerprint density at radius 1 is 1.23 bits per heavy atom. The van der Waals surface area contributed by atoms with Crippen molar-refractivity contribution in [2.75, 3.05) is 13.2 Å². The molecule has 1 aromatic rings. The highest BCUT2D eigenvalue weighted by atomic mass is 35.5. The van der Waals surface area contributed by atoms with Crippen molar-refractivity contribution < 1.29 is 32.7 Å². The van der Waals surface area contributed by atoms with Crippen LogP contribution >= 0.6 is 11.6 Å². The fourth-order valence-corrected chi connectivity index (χ4v) is 6.89. The minimum atomic E-state index is -1.41. The van der Waals surface area contributed by atoms with E-state index in [1.54, 1.807) is 0 Å². The number of β-amino-alcohol motifs (C(OH)–C–C–N with tert-alkyl or cyclic N) is 1. The SMILES string of the molecule is O=C(N[C@H](c1c(F)ccc(Cl)c1F)C12CCC(F)(CC1)C2)[C@@H]1CC[C@]2(C1)NC(=O)N(CCO)C2=O. The van der Waals surface area contributed by atoms with E-state index in [0.29, 0.717) is 12.8 Å². The van der Waals surface area contributed by atoms with Gasteiger partial charge in [-0.05, 0) is 68.9 Å². The molecule has 11 heteroatoms. The van der Waals surface area contributed by atoms with Crippen LogP contribution in [0, 0.1) is 23.0 Å². The fraction of sp³-hybridized carbons (Fsp3) is 0.625. The predicted molar refractivity (Wildman–Crippen MR) is 119 cm³/mol. The molecule has 1 aromatic carbocycles. The highest BCUT2D eigenvalue weighted by Gasteiger charge is 2.60. The first-order valence-electron chi connectivity index (χ1n) is 11.9. The third kappa shape index (κ3) is 3.80. The van der Waals surface area contributed by atoms with Gasteiger partial charge in [-0.15, -0.1) is 0 Å². The van der Waals surface area contributed by atoms with Crippen LogP contribution in [0.1, 0.15) is 63.0 Å². The molecule has 0 radical (unpaired) electrons. The van der Waals surface area contributed by atoms with Gasteiger partial charge in [0.2, 0.25) is 5.91 Å². The summed E-state index contributed by atoms with van der Waals surface area (Å²) in [4.78, 5) is 39.4. The Kier molecular flexibility index (Phi) is 5.83. The lowest BCUT2D eigenvalue weighted by atomic mass is 9.74. The molecule has 1 spiro atoms. The van der Waals surface area contributed by atoms with Gasteiger partial charge >= 0.3 is 6.03 Å². The zero-order valence-electron chi connectivity index (χ0n) is 19.0. The van der Waals surface area contributed by atoms with E-state index in [9.17, 15) is 18.8 Å². The number of carbonyl (C=O) groups excluding carboxylic acids is 3. The maximum atomic E-state index is 15.1. The van der Waals surface area contributed by atoms with Crippen LogP contribution in [0.2, 0.25) is 5.02 Å². The minimum absolute atomic E-state index is 0.0264. The number of alkyl halides is 1. The van der Waals surface area contributed by atoms with Crippen LogP contribution in [0.5, 0.6) is 0 Å². The van der Waals surface area contributed by atoms with Crippen LogP contribution in [0.25, 0.3) is 0 Å². The Labute approximate surface area is 205 Å². The number of nitrogens with zero attached hydrogens (tertiary/aromatic N) is 1. The second-order valence-electron chi connectivity index (χ2n) is 10.5. The summed E-state index contributed by atoms with van der Waals surface area (Å²) in [6.45, 7) is -0.526. The molecule has 5 rings (SSSR count). The number of amides is 4. The molecule has 1 heterocycles. The lowest BCUT2D eigenvalue weighted by Crippen LogP contribution is -2.46. The first-order valence-corrected chi connectivity index (χ1v) is 12.3. The summed E-state index contributed by atoms with van der Waals surface area (Å²) < 4.78 is 45.2. The van der Waals surface area contributed by atoms with Crippen LogP contribution in [0.4, 0.5) is 18.0 Å². The van der Waals surface area contributed by atoms with Crippen molar-refractivity contribution in [3.8, 4) is 0 Å². The molecule has 35 heavy (non-hydrogen) atoms.